The van der Waals surface area contributed by atoms with Crippen molar-refractivity contribution in [2.75, 3.05) is 12.3 Å². The molecule has 0 saturated heterocycles. The predicted octanol–water partition coefficient (Wildman–Crippen LogP) is 5.24. The Morgan fingerprint density at radius 3 is 2.57 bits per heavy atom. The monoisotopic (exact) mass is 380 g/mol. The number of hydrogen-bond donors (Lipinski definition) is 2. The highest BCUT2D eigenvalue weighted by Crippen LogP contribution is 2.48. The van der Waals surface area contributed by atoms with Gasteiger partial charge in [0.25, 0.3) is 5.91 Å². The number of nitrogens with zero attached hydrogens (tertiary/aromatic N) is 1. The van der Waals surface area contributed by atoms with Crippen LogP contribution in [0.3, 0.4) is 0 Å². The van der Waals surface area contributed by atoms with Crippen LogP contribution in [-0.2, 0) is 4.79 Å². The number of hydroxylamine groups is 2. The molecule has 4 nitrogen and oxygen atoms in total. The van der Waals surface area contributed by atoms with Gasteiger partial charge in [-0.05, 0) is 67.2 Å². The molecule has 1 aromatic rings. The summed E-state index contributed by atoms with van der Waals surface area (Å²) in [6.07, 6.45) is 7.92. The molecule has 0 heterocycles. The molecule has 0 radical (unpaired) electrons. The highest BCUT2D eigenvalue weighted by Gasteiger charge is 2.39. The second-order valence-corrected chi connectivity index (χ2v) is 8.13. The van der Waals surface area contributed by atoms with Crippen LogP contribution in [0.25, 0.3) is 6.08 Å². The van der Waals surface area contributed by atoms with E-state index in [0.29, 0.717) is 11.6 Å². The molecule has 1 aliphatic carbocycles. The summed E-state index contributed by atoms with van der Waals surface area (Å²) in [6, 6.07) is 7.16. The summed E-state index contributed by atoms with van der Waals surface area (Å²) >= 11 is 0. The zero-order valence-electron chi connectivity index (χ0n) is 17.0. The molecule has 1 aliphatic rings. The number of carbonyl (C=O) groups is 1. The summed E-state index contributed by atoms with van der Waals surface area (Å²) < 4.78 is 0. The second-order valence-electron chi connectivity index (χ2n) is 8.13. The number of nitrogens with two attached hydrogens (primary N) is 1. The third-order valence-corrected chi connectivity index (χ3v) is 5.95. The minimum atomic E-state index is -0.471. The number of amides is 1. The fraction of sp³-hybridized carbons (Fsp3) is 0.375. The third kappa shape index (κ3) is 5.23. The lowest BCUT2D eigenvalue weighted by Crippen LogP contribution is -2.36. The van der Waals surface area contributed by atoms with Crippen molar-refractivity contribution >= 4 is 17.7 Å². The number of allylic oxidation sites excluding steroid dienone is 2. The molecule has 0 unspecified atom stereocenters. The molecule has 0 spiro atoms. The van der Waals surface area contributed by atoms with Crippen LogP contribution in [0.4, 0.5) is 5.69 Å². The zero-order chi connectivity index (χ0) is 20.9. The first-order valence-electron chi connectivity index (χ1n) is 9.67. The zero-order valence-corrected chi connectivity index (χ0v) is 17.0. The number of anilines is 1. The second kappa shape index (κ2) is 9.07. The van der Waals surface area contributed by atoms with Crippen LogP contribution in [0.1, 0.15) is 38.7 Å². The molecule has 4 heteroatoms. The van der Waals surface area contributed by atoms with E-state index < -0.39 is 5.91 Å². The molecule has 1 fully saturated rings. The van der Waals surface area contributed by atoms with Crippen molar-refractivity contribution in [1.82, 2.24) is 5.06 Å². The van der Waals surface area contributed by atoms with E-state index in [9.17, 15) is 10.0 Å². The Labute approximate surface area is 168 Å². The van der Waals surface area contributed by atoms with Crippen LogP contribution in [-0.4, -0.2) is 22.7 Å². The van der Waals surface area contributed by atoms with Crippen molar-refractivity contribution in [3.05, 3.63) is 72.9 Å². The Bertz CT molecular complexity index is 778. The molecular formula is C24H32N2O2. The lowest BCUT2D eigenvalue weighted by atomic mass is 9.61. The summed E-state index contributed by atoms with van der Waals surface area (Å²) in [7, 11) is 0. The molecule has 1 aromatic carbocycles. The van der Waals surface area contributed by atoms with Gasteiger partial charge in [0.05, 0.1) is 6.54 Å². The van der Waals surface area contributed by atoms with Gasteiger partial charge in [-0.3, -0.25) is 10.0 Å². The average molecular weight is 381 g/mol. The number of carbonyl (C=O) groups excluding carboxylic acids is 1. The van der Waals surface area contributed by atoms with Gasteiger partial charge in [0.1, 0.15) is 0 Å². The highest BCUT2D eigenvalue weighted by molar-refractivity contribution is 5.91. The van der Waals surface area contributed by atoms with E-state index in [1.165, 1.54) is 6.08 Å². The van der Waals surface area contributed by atoms with Crippen molar-refractivity contribution < 1.29 is 10.0 Å². The van der Waals surface area contributed by atoms with Gasteiger partial charge < -0.3 is 5.73 Å². The smallest absolute Gasteiger partial charge is 0.270 e. The minimum absolute atomic E-state index is 0.0408. The van der Waals surface area contributed by atoms with Gasteiger partial charge in [0, 0.05) is 11.8 Å². The Kier molecular flexibility index (Phi) is 7.03. The molecular weight excluding hydrogens is 348 g/mol. The van der Waals surface area contributed by atoms with Gasteiger partial charge in [0.15, 0.2) is 0 Å². The Balaban J connectivity index is 1.96. The van der Waals surface area contributed by atoms with Crippen LogP contribution in [0, 0.1) is 17.3 Å². The number of hydrogen-bond acceptors (Lipinski definition) is 3. The average Bonchev–Trinajstić information content (AvgIpc) is 2.67. The maximum atomic E-state index is 12.2. The molecule has 0 bridgehead atoms. The molecule has 0 aliphatic heterocycles. The van der Waals surface area contributed by atoms with E-state index in [4.69, 9.17) is 5.73 Å². The van der Waals surface area contributed by atoms with Gasteiger partial charge in [0.2, 0.25) is 0 Å². The highest BCUT2D eigenvalue weighted by atomic mass is 16.5. The quantitative estimate of drug-likeness (QED) is 0.223. The van der Waals surface area contributed by atoms with E-state index in [1.807, 2.05) is 18.2 Å². The molecule has 3 N–H and O–H groups in total. The maximum Gasteiger partial charge on any atom is 0.270 e. The van der Waals surface area contributed by atoms with Gasteiger partial charge >= 0.3 is 0 Å². The molecule has 1 saturated carbocycles. The molecule has 3 atom stereocenters. The van der Waals surface area contributed by atoms with Crippen molar-refractivity contribution in [3.63, 3.8) is 0 Å². The van der Waals surface area contributed by atoms with Crippen molar-refractivity contribution in [1.29, 1.82) is 0 Å². The molecule has 0 aromatic heterocycles. The van der Waals surface area contributed by atoms with Crippen LogP contribution in [0.5, 0.6) is 0 Å². The van der Waals surface area contributed by atoms with E-state index in [-0.39, 0.29) is 17.9 Å². The van der Waals surface area contributed by atoms with Crippen molar-refractivity contribution in [3.8, 4) is 0 Å². The summed E-state index contributed by atoms with van der Waals surface area (Å²) in [5.41, 5.74) is 9.21. The van der Waals surface area contributed by atoms with E-state index in [2.05, 4.69) is 33.6 Å². The minimum Gasteiger partial charge on any atom is -0.399 e. The van der Waals surface area contributed by atoms with Gasteiger partial charge in [-0.2, -0.15) is 0 Å². The normalized spacial score (nSPS) is 24.7. The first kappa shape index (κ1) is 21.7. The largest absolute Gasteiger partial charge is 0.399 e. The van der Waals surface area contributed by atoms with Gasteiger partial charge in [-0.1, -0.05) is 49.4 Å². The van der Waals surface area contributed by atoms with Crippen molar-refractivity contribution in [2.45, 2.75) is 33.1 Å². The molecule has 1 amide bonds. The lowest BCUT2D eigenvalue weighted by molar-refractivity contribution is -0.157. The fourth-order valence-corrected chi connectivity index (χ4v) is 3.97. The molecule has 150 valence electrons. The summed E-state index contributed by atoms with van der Waals surface area (Å²) in [4.78, 5) is 12.2. The Morgan fingerprint density at radius 2 is 2.00 bits per heavy atom. The number of benzene rings is 1. The Hall–Kier alpha value is -2.59. The van der Waals surface area contributed by atoms with Crippen LogP contribution < -0.4 is 5.73 Å². The summed E-state index contributed by atoms with van der Waals surface area (Å²) in [6.45, 7) is 16.7. The third-order valence-electron chi connectivity index (χ3n) is 5.95. The number of nitrogen functional groups attached to an aromatic ring is 1. The maximum absolute atomic E-state index is 12.2. The first-order valence-corrected chi connectivity index (χ1v) is 9.67. The molecule has 2 rings (SSSR count). The van der Waals surface area contributed by atoms with Gasteiger partial charge in [-0.15, -0.1) is 6.58 Å². The predicted molar refractivity (Wildman–Crippen MR) is 116 cm³/mol. The first-order chi connectivity index (χ1) is 13.2. The van der Waals surface area contributed by atoms with Crippen LogP contribution in [0.15, 0.2) is 67.3 Å². The van der Waals surface area contributed by atoms with E-state index in [1.54, 1.807) is 18.2 Å². The topological polar surface area (TPSA) is 66.6 Å². The van der Waals surface area contributed by atoms with Crippen LogP contribution >= 0.6 is 0 Å². The SMILES string of the molecule is C=C[C@]1(C)CC[C@@H](C(=C)CN(O)C(=O)/C=C/c2ccc(N)cc2)C[C@H]1C(=C)C. The standard InChI is InChI=1S/C24H32N2O2/c1-6-24(5)14-13-20(15-22(24)17(2)3)18(4)16-26(28)23(27)12-9-19-7-10-21(25)11-8-19/h6-12,20,22,28H,1-2,4,13-16,25H2,3,5H3/b12-9+/t20-,22+,24-/m1/s1. The van der Waals surface area contributed by atoms with E-state index in [0.717, 1.165) is 41.0 Å². The summed E-state index contributed by atoms with van der Waals surface area (Å²) in [5, 5.41) is 10.9. The van der Waals surface area contributed by atoms with Gasteiger partial charge in [-0.25, -0.2) is 5.06 Å². The van der Waals surface area contributed by atoms with E-state index >= 15 is 0 Å². The Morgan fingerprint density at radius 1 is 1.36 bits per heavy atom. The molecule has 28 heavy (non-hydrogen) atoms. The van der Waals surface area contributed by atoms with Crippen molar-refractivity contribution in [2.24, 2.45) is 17.3 Å². The fourth-order valence-electron chi connectivity index (χ4n) is 3.97. The lowest BCUT2D eigenvalue weighted by Gasteiger charge is -2.44. The summed E-state index contributed by atoms with van der Waals surface area (Å²) in [5.74, 6) is 0.105. The van der Waals surface area contributed by atoms with Crippen LogP contribution in [0.2, 0.25) is 0 Å². The number of rotatable bonds is 7.